The minimum Gasteiger partial charge on any atom is -0.300 e. The molecule has 1 aromatic heterocycles. The van der Waals surface area contributed by atoms with Crippen LogP contribution in [0, 0.1) is 12.8 Å². The number of rotatable bonds is 5. The lowest BCUT2D eigenvalue weighted by molar-refractivity contribution is -0.121. The fraction of sp³-hybridized carbons (Fsp3) is 0.318. The lowest BCUT2D eigenvalue weighted by atomic mass is 9.95. The number of amides is 1. The largest absolute Gasteiger partial charge is 0.300 e. The summed E-state index contributed by atoms with van der Waals surface area (Å²) >= 11 is 14.0. The smallest absolute Gasteiger partial charge is 0.229 e. The highest BCUT2D eigenvalue weighted by atomic mass is 35.5. The van der Waals surface area contributed by atoms with Crippen LogP contribution >= 0.6 is 34.5 Å². The molecule has 0 spiro atoms. The number of likely N-dealkylation sites (tertiary alicyclic amines) is 1. The molecule has 3 aromatic rings. The maximum atomic E-state index is 12.7. The second-order valence-corrected chi connectivity index (χ2v) is 9.31. The third-order valence-corrected chi connectivity index (χ3v) is 6.95. The van der Waals surface area contributed by atoms with Crippen molar-refractivity contribution in [2.75, 3.05) is 18.4 Å². The topological polar surface area (TPSA) is 58.1 Å². The number of anilines is 1. The summed E-state index contributed by atoms with van der Waals surface area (Å²) in [5, 5.41) is 14.0. The first-order valence-corrected chi connectivity index (χ1v) is 11.4. The molecule has 0 saturated carbocycles. The van der Waals surface area contributed by atoms with Gasteiger partial charge in [0, 0.05) is 33.6 Å². The summed E-state index contributed by atoms with van der Waals surface area (Å²) in [5.74, 6) is -0.0216. The zero-order valence-electron chi connectivity index (χ0n) is 16.6. The Hall–Kier alpha value is -1.99. The van der Waals surface area contributed by atoms with Crippen LogP contribution in [0.15, 0.2) is 42.5 Å². The fourth-order valence-corrected chi connectivity index (χ4v) is 4.82. The van der Waals surface area contributed by atoms with Crippen molar-refractivity contribution >= 4 is 45.6 Å². The van der Waals surface area contributed by atoms with Crippen molar-refractivity contribution in [3.63, 3.8) is 0 Å². The summed E-state index contributed by atoms with van der Waals surface area (Å²) in [6, 6.07) is 13.7. The molecule has 8 heteroatoms. The number of benzene rings is 2. The fourth-order valence-electron chi connectivity index (χ4n) is 3.55. The molecule has 0 aliphatic carbocycles. The molecule has 0 unspecified atom stereocenters. The van der Waals surface area contributed by atoms with Crippen LogP contribution in [0.1, 0.15) is 24.0 Å². The highest BCUT2D eigenvalue weighted by molar-refractivity contribution is 7.18. The molecule has 4 rings (SSSR count). The van der Waals surface area contributed by atoms with Crippen LogP contribution in [0.2, 0.25) is 10.0 Å². The van der Waals surface area contributed by atoms with Crippen molar-refractivity contribution in [1.29, 1.82) is 0 Å². The molecule has 30 heavy (non-hydrogen) atoms. The lowest BCUT2D eigenvalue weighted by Crippen LogP contribution is -2.37. The molecule has 2 heterocycles. The van der Waals surface area contributed by atoms with Crippen LogP contribution in [-0.2, 0) is 11.3 Å². The van der Waals surface area contributed by atoms with E-state index in [1.807, 2.05) is 49.4 Å². The molecule has 1 amide bonds. The molecule has 2 aromatic carbocycles. The summed E-state index contributed by atoms with van der Waals surface area (Å²) in [6.45, 7) is 4.39. The van der Waals surface area contributed by atoms with Crippen LogP contribution < -0.4 is 5.32 Å². The van der Waals surface area contributed by atoms with E-state index in [2.05, 4.69) is 20.4 Å². The predicted molar refractivity (Wildman–Crippen MR) is 123 cm³/mol. The zero-order valence-corrected chi connectivity index (χ0v) is 18.9. The van der Waals surface area contributed by atoms with E-state index in [0.717, 1.165) is 42.1 Å². The van der Waals surface area contributed by atoms with Gasteiger partial charge in [-0.15, -0.1) is 10.2 Å². The number of aryl methyl sites for hydroxylation is 1. The Morgan fingerprint density at radius 1 is 1.10 bits per heavy atom. The SMILES string of the molecule is Cc1ccc(-c2nnc(NC(=O)C3CCN(Cc4c(Cl)cccc4Cl)CC3)s2)cc1. The first-order chi connectivity index (χ1) is 14.5. The Morgan fingerprint density at radius 2 is 1.77 bits per heavy atom. The minimum absolute atomic E-state index is 0.0111. The van der Waals surface area contributed by atoms with Gasteiger partial charge in [0.05, 0.1) is 0 Å². The number of carbonyl (C=O) groups is 1. The van der Waals surface area contributed by atoms with Crippen LogP contribution in [0.25, 0.3) is 10.6 Å². The van der Waals surface area contributed by atoms with E-state index in [4.69, 9.17) is 23.2 Å². The Balaban J connectivity index is 1.31. The summed E-state index contributed by atoms with van der Waals surface area (Å²) in [6.07, 6.45) is 1.58. The second-order valence-electron chi connectivity index (χ2n) is 7.52. The molecular formula is C22H22Cl2N4OS. The molecule has 0 bridgehead atoms. The van der Waals surface area contributed by atoms with Crippen molar-refractivity contribution in [2.45, 2.75) is 26.3 Å². The Kier molecular flexibility index (Phi) is 6.68. The number of piperidine rings is 1. The van der Waals surface area contributed by atoms with Gasteiger partial charge in [0.2, 0.25) is 11.0 Å². The third-order valence-electron chi connectivity index (χ3n) is 5.36. The quantitative estimate of drug-likeness (QED) is 0.532. The van der Waals surface area contributed by atoms with Crippen LogP contribution in [0.4, 0.5) is 5.13 Å². The second kappa shape index (κ2) is 9.43. The molecule has 1 fully saturated rings. The van der Waals surface area contributed by atoms with E-state index in [0.29, 0.717) is 21.7 Å². The summed E-state index contributed by atoms with van der Waals surface area (Å²) in [5.41, 5.74) is 3.14. The van der Waals surface area contributed by atoms with E-state index in [-0.39, 0.29) is 11.8 Å². The zero-order chi connectivity index (χ0) is 21.1. The summed E-state index contributed by atoms with van der Waals surface area (Å²) in [7, 11) is 0. The van der Waals surface area contributed by atoms with Crippen molar-refractivity contribution in [1.82, 2.24) is 15.1 Å². The number of aromatic nitrogens is 2. The van der Waals surface area contributed by atoms with Crippen LogP contribution in [-0.4, -0.2) is 34.1 Å². The van der Waals surface area contributed by atoms with E-state index in [1.165, 1.54) is 16.9 Å². The molecule has 0 radical (unpaired) electrons. The van der Waals surface area contributed by atoms with Gasteiger partial charge in [0.25, 0.3) is 0 Å². The van der Waals surface area contributed by atoms with E-state index in [9.17, 15) is 4.79 Å². The Labute approximate surface area is 190 Å². The highest BCUT2D eigenvalue weighted by Gasteiger charge is 2.26. The van der Waals surface area contributed by atoms with Crippen molar-refractivity contribution in [3.05, 3.63) is 63.6 Å². The third kappa shape index (κ3) is 5.01. The van der Waals surface area contributed by atoms with Crippen molar-refractivity contribution in [2.24, 2.45) is 5.92 Å². The highest BCUT2D eigenvalue weighted by Crippen LogP contribution is 2.29. The van der Waals surface area contributed by atoms with Crippen molar-refractivity contribution in [3.8, 4) is 10.6 Å². The average molecular weight is 461 g/mol. The molecule has 0 atom stereocenters. The molecule has 1 saturated heterocycles. The monoisotopic (exact) mass is 460 g/mol. The molecule has 5 nitrogen and oxygen atoms in total. The number of nitrogens with zero attached hydrogens (tertiary/aromatic N) is 3. The van der Waals surface area contributed by atoms with E-state index >= 15 is 0 Å². The van der Waals surface area contributed by atoms with Gasteiger partial charge in [0.15, 0.2) is 0 Å². The van der Waals surface area contributed by atoms with Gasteiger partial charge in [-0.05, 0) is 45.0 Å². The van der Waals surface area contributed by atoms with Crippen LogP contribution in [0.3, 0.4) is 0 Å². The lowest BCUT2D eigenvalue weighted by Gasteiger charge is -2.31. The number of nitrogens with one attached hydrogen (secondary N) is 1. The standard InChI is InChI=1S/C22H22Cl2N4OS/c1-14-5-7-16(8-6-14)21-26-27-22(30-21)25-20(29)15-9-11-28(12-10-15)13-17-18(23)3-2-4-19(17)24/h2-8,15H,9-13H2,1H3,(H,25,27,29). The molecule has 156 valence electrons. The van der Waals surface area contributed by atoms with E-state index < -0.39 is 0 Å². The molecule has 1 aliphatic heterocycles. The van der Waals surface area contributed by atoms with E-state index in [1.54, 1.807) is 0 Å². The first-order valence-electron chi connectivity index (χ1n) is 9.86. The van der Waals surface area contributed by atoms with Crippen LogP contribution in [0.5, 0.6) is 0 Å². The number of carbonyl (C=O) groups excluding carboxylic acids is 1. The molecule has 1 N–H and O–H groups in total. The Bertz CT molecular complexity index is 1010. The number of hydrogen-bond acceptors (Lipinski definition) is 5. The van der Waals surface area contributed by atoms with Gasteiger partial charge in [-0.3, -0.25) is 9.69 Å². The van der Waals surface area contributed by atoms with Gasteiger partial charge in [-0.25, -0.2) is 0 Å². The van der Waals surface area contributed by atoms with Gasteiger partial charge >= 0.3 is 0 Å². The summed E-state index contributed by atoms with van der Waals surface area (Å²) in [4.78, 5) is 15.0. The van der Waals surface area contributed by atoms with Crippen molar-refractivity contribution < 1.29 is 4.79 Å². The Morgan fingerprint density at radius 3 is 2.43 bits per heavy atom. The summed E-state index contributed by atoms with van der Waals surface area (Å²) < 4.78 is 0. The number of halogens is 2. The average Bonchev–Trinajstić information content (AvgIpc) is 3.20. The maximum absolute atomic E-state index is 12.7. The van der Waals surface area contributed by atoms with Gasteiger partial charge < -0.3 is 5.32 Å². The van der Waals surface area contributed by atoms with Gasteiger partial charge in [-0.1, -0.05) is 70.4 Å². The normalized spacial score (nSPS) is 15.3. The van der Waals surface area contributed by atoms with Gasteiger partial charge in [-0.2, -0.15) is 0 Å². The van der Waals surface area contributed by atoms with Gasteiger partial charge in [0.1, 0.15) is 5.01 Å². The maximum Gasteiger partial charge on any atom is 0.229 e. The predicted octanol–water partition coefficient (Wildman–Crippen LogP) is 5.67. The number of hydrogen-bond donors (Lipinski definition) is 1. The molecule has 1 aliphatic rings. The minimum atomic E-state index is -0.0327. The molecular weight excluding hydrogens is 439 g/mol. The first kappa shape index (κ1) is 21.2.